The zero-order valence-corrected chi connectivity index (χ0v) is 8.55. The molecule has 0 aliphatic carbocycles. The molecular formula is C9H20S. The van der Waals surface area contributed by atoms with Gasteiger partial charge in [0.1, 0.15) is 0 Å². The molecule has 0 spiro atoms. The average molecular weight is 160 g/mol. The van der Waals surface area contributed by atoms with Crippen LogP contribution in [0.2, 0.25) is 0 Å². The summed E-state index contributed by atoms with van der Waals surface area (Å²) in [6.45, 7) is 4.81. The van der Waals surface area contributed by atoms with Crippen molar-refractivity contribution in [2.45, 2.75) is 26.7 Å². The lowest BCUT2D eigenvalue weighted by atomic mass is 9.87. The summed E-state index contributed by atoms with van der Waals surface area (Å²) >= 11 is 0. The molecule has 0 aromatic heterocycles. The van der Waals surface area contributed by atoms with Crippen LogP contribution in [-0.4, -0.2) is 24.0 Å². The summed E-state index contributed by atoms with van der Waals surface area (Å²) in [6, 6.07) is 0. The maximum atomic E-state index is 2.47. The van der Waals surface area contributed by atoms with E-state index in [2.05, 4.69) is 26.4 Å². The number of hydrogen-bond donors (Lipinski definition) is 0. The zero-order chi connectivity index (χ0) is 7.83. The largest absolute Gasteiger partial charge is 0.247 e. The minimum Gasteiger partial charge on any atom is -0.247 e. The molecule has 0 aromatic carbocycles. The van der Waals surface area contributed by atoms with Gasteiger partial charge in [-0.25, -0.2) is 10.0 Å². The summed E-state index contributed by atoms with van der Waals surface area (Å²) in [5.74, 6) is 3.00. The van der Waals surface area contributed by atoms with E-state index in [-0.39, 0.29) is 10.0 Å². The second-order valence-electron chi connectivity index (χ2n) is 4.84. The van der Waals surface area contributed by atoms with Gasteiger partial charge in [0.2, 0.25) is 0 Å². The highest BCUT2D eigenvalue weighted by molar-refractivity contribution is 8.32. The van der Waals surface area contributed by atoms with Crippen LogP contribution in [0.1, 0.15) is 26.7 Å². The summed E-state index contributed by atoms with van der Waals surface area (Å²) in [7, 11) is -0.154. The summed E-state index contributed by atoms with van der Waals surface area (Å²) in [5, 5.41) is 0. The molecule has 0 saturated carbocycles. The van der Waals surface area contributed by atoms with Crippen LogP contribution in [0.3, 0.4) is 0 Å². The molecule has 0 atom stereocenters. The van der Waals surface area contributed by atoms with Crippen LogP contribution in [0.5, 0.6) is 0 Å². The van der Waals surface area contributed by atoms with Gasteiger partial charge in [0.15, 0.2) is 0 Å². The molecular weight excluding hydrogens is 140 g/mol. The molecule has 1 fully saturated rings. The second kappa shape index (κ2) is 2.44. The van der Waals surface area contributed by atoms with E-state index >= 15 is 0 Å². The monoisotopic (exact) mass is 160 g/mol. The Morgan fingerprint density at radius 2 is 1.40 bits per heavy atom. The molecule has 1 saturated heterocycles. The molecule has 0 N–H and O–H groups in total. The third kappa shape index (κ3) is 2.19. The van der Waals surface area contributed by atoms with Crippen molar-refractivity contribution in [1.82, 2.24) is 0 Å². The van der Waals surface area contributed by atoms with Crippen molar-refractivity contribution in [2.75, 3.05) is 24.0 Å². The minimum atomic E-state index is -0.154. The predicted octanol–water partition coefficient (Wildman–Crippen LogP) is 2.87. The Hall–Kier alpha value is 0.350. The normalized spacial score (nSPS) is 33.2. The third-order valence-corrected chi connectivity index (χ3v) is 5.28. The van der Waals surface area contributed by atoms with E-state index in [9.17, 15) is 0 Å². The molecule has 0 bridgehead atoms. The van der Waals surface area contributed by atoms with E-state index in [1.54, 1.807) is 0 Å². The molecule has 0 aromatic rings. The van der Waals surface area contributed by atoms with E-state index in [1.165, 1.54) is 24.3 Å². The maximum Gasteiger partial charge on any atom is -0.0228 e. The SMILES string of the molecule is CC1(C)CCS(C)(C)CC1. The highest BCUT2D eigenvalue weighted by atomic mass is 32.3. The standard InChI is InChI=1S/C9H20S/c1-9(2)5-7-10(3,4)8-6-9/h5-8H2,1-4H3. The molecule has 0 unspecified atom stereocenters. The van der Waals surface area contributed by atoms with Crippen molar-refractivity contribution in [3.63, 3.8) is 0 Å². The summed E-state index contributed by atoms with van der Waals surface area (Å²) in [5.41, 5.74) is 0.655. The molecule has 1 heterocycles. The Morgan fingerprint density at radius 3 is 1.70 bits per heavy atom. The first-order valence-corrected chi connectivity index (χ1v) is 6.89. The fourth-order valence-corrected chi connectivity index (χ4v) is 3.75. The summed E-state index contributed by atoms with van der Waals surface area (Å²) < 4.78 is 0. The first kappa shape index (κ1) is 8.45. The van der Waals surface area contributed by atoms with E-state index in [1.807, 2.05) is 0 Å². The Morgan fingerprint density at radius 1 is 1.00 bits per heavy atom. The van der Waals surface area contributed by atoms with Gasteiger partial charge in [-0.3, -0.25) is 0 Å². The van der Waals surface area contributed by atoms with Crippen molar-refractivity contribution in [3.05, 3.63) is 0 Å². The predicted molar refractivity (Wildman–Crippen MR) is 52.2 cm³/mol. The molecule has 1 heteroatoms. The summed E-state index contributed by atoms with van der Waals surface area (Å²) in [4.78, 5) is 0. The second-order valence-corrected chi connectivity index (χ2v) is 9.19. The van der Waals surface area contributed by atoms with Gasteiger partial charge in [-0.15, -0.1) is 0 Å². The lowest BCUT2D eigenvalue weighted by Crippen LogP contribution is -2.25. The molecule has 1 aliphatic heterocycles. The van der Waals surface area contributed by atoms with Gasteiger partial charge in [0, 0.05) is 0 Å². The van der Waals surface area contributed by atoms with Gasteiger partial charge < -0.3 is 0 Å². The fourth-order valence-electron chi connectivity index (χ4n) is 1.33. The van der Waals surface area contributed by atoms with Crippen LogP contribution < -0.4 is 0 Å². The molecule has 1 rings (SSSR count). The molecule has 0 amide bonds. The van der Waals surface area contributed by atoms with E-state index < -0.39 is 0 Å². The molecule has 10 heavy (non-hydrogen) atoms. The molecule has 1 aliphatic rings. The number of rotatable bonds is 0. The van der Waals surface area contributed by atoms with Crippen LogP contribution >= 0.6 is 10.0 Å². The van der Waals surface area contributed by atoms with Gasteiger partial charge >= 0.3 is 0 Å². The highest BCUT2D eigenvalue weighted by Crippen LogP contribution is 2.50. The summed E-state index contributed by atoms with van der Waals surface area (Å²) in [6.07, 6.45) is 7.86. The van der Waals surface area contributed by atoms with Crippen molar-refractivity contribution < 1.29 is 0 Å². The molecule has 0 radical (unpaired) electrons. The van der Waals surface area contributed by atoms with Gasteiger partial charge in [0.05, 0.1) is 0 Å². The fraction of sp³-hybridized carbons (Fsp3) is 1.00. The lowest BCUT2D eigenvalue weighted by Gasteiger charge is -2.42. The smallest absolute Gasteiger partial charge is 0.0228 e. The van der Waals surface area contributed by atoms with Crippen LogP contribution in [0, 0.1) is 5.41 Å². The van der Waals surface area contributed by atoms with Gasteiger partial charge in [-0.1, -0.05) is 13.8 Å². The van der Waals surface area contributed by atoms with Gasteiger partial charge in [-0.05, 0) is 42.3 Å². The first-order valence-electron chi connectivity index (χ1n) is 4.10. The van der Waals surface area contributed by atoms with Crippen molar-refractivity contribution in [2.24, 2.45) is 5.41 Å². The van der Waals surface area contributed by atoms with E-state index in [4.69, 9.17) is 0 Å². The van der Waals surface area contributed by atoms with E-state index in [0.29, 0.717) is 5.41 Å². The Bertz CT molecular complexity index is 96.7. The van der Waals surface area contributed by atoms with Crippen molar-refractivity contribution in [1.29, 1.82) is 0 Å². The molecule has 62 valence electrons. The van der Waals surface area contributed by atoms with Crippen molar-refractivity contribution >= 4 is 10.0 Å². The Balaban J connectivity index is 2.46. The van der Waals surface area contributed by atoms with Crippen LogP contribution in [0.15, 0.2) is 0 Å². The quantitative estimate of drug-likeness (QED) is 0.511. The van der Waals surface area contributed by atoms with E-state index in [0.717, 1.165) is 0 Å². The zero-order valence-electron chi connectivity index (χ0n) is 7.74. The van der Waals surface area contributed by atoms with Gasteiger partial charge in [0.25, 0.3) is 0 Å². The Kier molecular flexibility index (Phi) is 2.06. The van der Waals surface area contributed by atoms with Gasteiger partial charge in [-0.2, -0.15) is 0 Å². The topological polar surface area (TPSA) is 0 Å². The maximum absolute atomic E-state index is 2.47. The van der Waals surface area contributed by atoms with Crippen LogP contribution in [0.25, 0.3) is 0 Å². The van der Waals surface area contributed by atoms with Crippen LogP contribution in [0.4, 0.5) is 0 Å². The average Bonchev–Trinajstić information content (AvgIpc) is 1.79. The van der Waals surface area contributed by atoms with Crippen LogP contribution in [-0.2, 0) is 0 Å². The highest BCUT2D eigenvalue weighted by Gasteiger charge is 2.28. The minimum absolute atomic E-state index is 0.154. The first-order chi connectivity index (χ1) is 4.41. The lowest BCUT2D eigenvalue weighted by molar-refractivity contribution is 0.334. The Labute approximate surface area is 66.7 Å². The molecule has 0 nitrogen and oxygen atoms in total. The number of hydrogen-bond acceptors (Lipinski definition) is 0. The third-order valence-electron chi connectivity index (χ3n) is 2.66. The van der Waals surface area contributed by atoms with Crippen molar-refractivity contribution in [3.8, 4) is 0 Å².